The van der Waals surface area contributed by atoms with Crippen LogP contribution in [0.2, 0.25) is 0 Å². The van der Waals surface area contributed by atoms with E-state index in [0.717, 1.165) is 6.08 Å². The van der Waals surface area contributed by atoms with Crippen molar-refractivity contribution < 1.29 is 28.2 Å². The number of alkyl halides is 2. The van der Waals surface area contributed by atoms with Crippen molar-refractivity contribution >= 4 is 5.78 Å². The zero-order chi connectivity index (χ0) is 19.2. The van der Waals surface area contributed by atoms with Crippen molar-refractivity contribution in [3.05, 3.63) is 23.6 Å². The third-order valence-electron chi connectivity index (χ3n) is 7.98. The molecule has 9 atom stereocenters. The molecule has 0 aliphatic heterocycles. The van der Waals surface area contributed by atoms with Gasteiger partial charge in [0.15, 0.2) is 11.5 Å². The van der Waals surface area contributed by atoms with E-state index in [1.54, 1.807) is 0 Å². The van der Waals surface area contributed by atoms with E-state index in [2.05, 4.69) is 0 Å². The molecule has 26 heavy (non-hydrogen) atoms. The summed E-state index contributed by atoms with van der Waals surface area (Å²) in [4.78, 5) is 11.7. The van der Waals surface area contributed by atoms with E-state index in [1.165, 1.54) is 13.0 Å². The first-order valence-electron chi connectivity index (χ1n) is 9.31. The molecule has 0 heterocycles. The number of rotatable bonds is 0. The van der Waals surface area contributed by atoms with Gasteiger partial charge < -0.3 is 10.2 Å². The third-order valence-corrected chi connectivity index (χ3v) is 7.98. The Morgan fingerprint density at radius 2 is 1.85 bits per heavy atom. The predicted octanol–water partition coefficient (Wildman–Crippen LogP) is 3.21. The fourth-order valence-electron chi connectivity index (χ4n) is 6.64. The van der Waals surface area contributed by atoms with Gasteiger partial charge in [-0.3, -0.25) is 4.79 Å². The molecule has 0 aromatic carbocycles. The Morgan fingerprint density at radius 3 is 2.50 bits per heavy atom. The summed E-state index contributed by atoms with van der Waals surface area (Å²) in [6.07, 6.45) is -1.51. The molecule has 3 saturated carbocycles. The summed E-state index contributed by atoms with van der Waals surface area (Å²) in [5.41, 5.74) is -5.18. The summed E-state index contributed by atoms with van der Waals surface area (Å²) in [5.74, 6) is -3.44. The summed E-state index contributed by atoms with van der Waals surface area (Å²) >= 11 is 0. The van der Waals surface area contributed by atoms with Gasteiger partial charge in [0, 0.05) is 16.9 Å². The van der Waals surface area contributed by atoms with E-state index in [0.29, 0.717) is 6.42 Å². The summed E-state index contributed by atoms with van der Waals surface area (Å²) < 4.78 is 46.1. The lowest BCUT2D eigenvalue weighted by Gasteiger charge is -2.62. The van der Waals surface area contributed by atoms with E-state index >= 15 is 8.78 Å². The molecule has 0 aromatic heterocycles. The highest BCUT2D eigenvalue weighted by molar-refractivity contribution is 6.04. The molecule has 144 valence electrons. The highest BCUT2D eigenvalue weighted by Gasteiger charge is 2.73. The second-order valence-electron chi connectivity index (χ2n) is 9.20. The second-order valence-corrected chi connectivity index (χ2v) is 9.20. The van der Waals surface area contributed by atoms with Gasteiger partial charge >= 0.3 is 0 Å². The molecule has 6 heteroatoms. The largest absolute Gasteiger partial charge is 0.392 e. The molecule has 4 rings (SSSR count). The number of hydrogen-bond acceptors (Lipinski definition) is 3. The Hall–Kier alpha value is -1.14. The van der Waals surface area contributed by atoms with Crippen molar-refractivity contribution in [3.8, 4) is 0 Å². The fraction of sp³-hybridized carbons (Fsp3) is 0.750. The van der Waals surface area contributed by atoms with Gasteiger partial charge in [0.05, 0.1) is 12.2 Å². The number of hydrogen-bond donors (Lipinski definition) is 2. The van der Waals surface area contributed by atoms with Crippen LogP contribution in [0.1, 0.15) is 40.0 Å². The molecular weight excluding hydrogens is 345 g/mol. The second kappa shape index (κ2) is 5.22. The van der Waals surface area contributed by atoms with E-state index < -0.39 is 58.0 Å². The average molecular weight is 370 g/mol. The Bertz CT molecular complexity index is 734. The maximum atomic E-state index is 16.6. The third kappa shape index (κ3) is 1.85. The number of carbonyl (C=O) groups is 1. The monoisotopic (exact) mass is 370 g/mol. The van der Waals surface area contributed by atoms with Crippen LogP contribution in [0, 0.1) is 28.6 Å². The lowest BCUT2D eigenvalue weighted by atomic mass is 9.45. The first-order chi connectivity index (χ1) is 12.0. The minimum atomic E-state index is -2.28. The van der Waals surface area contributed by atoms with Crippen LogP contribution >= 0.6 is 0 Å². The van der Waals surface area contributed by atoms with Crippen LogP contribution in [-0.2, 0) is 4.79 Å². The molecule has 4 aliphatic rings. The van der Waals surface area contributed by atoms with Gasteiger partial charge in [-0.1, -0.05) is 19.9 Å². The average Bonchev–Trinajstić information content (AvgIpc) is 2.78. The van der Waals surface area contributed by atoms with Crippen LogP contribution in [0.4, 0.5) is 13.2 Å². The number of ketones is 1. The number of aliphatic hydroxyl groups is 2. The van der Waals surface area contributed by atoms with E-state index in [4.69, 9.17) is 0 Å². The van der Waals surface area contributed by atoms with Crippen molar-refractivity contribution in [1.82, 2.24) is 0 Å². The molecule has 0 bridgehead atoms. The summed E-state index contributed by atoms with van der Waals surface area (Å²) in [5, 5.41) is 21.5. The van der Waals surface area contributed by atoms with Crippen LogP contribution < -0.4 is 0 Å². The van der Waals surface area contributed by atoms with E-state index in [-0.39, 0.29) is 24.7 Å². The van der Waals surface area contributed by atoms with Crippen molar-refractivity contribution in [2.75, 3.05) is 0 Å². The highest BCUT2D eigenvalue weighted by atomic mass is 19.2. The lowest BCUT2D eigenvalue weighted by molar-refractivity contribution is -0.207. The molecular formula is C20H25F3O3. The quantitative estimate of drug-likeness (QED) is 0.688. The van der Waals surface area contributed by atoms with Gasteiger partial charge in [0.25, 0.3) is 0 Å². The Morgan fingerprint density at radius 1 is 1.19 bits per heavy atom. The topological polar surface area (TPSA) is 57.5 Å². The van der Waals surface area contributed by atoms with Crippen LogP contribution in [0.15, 0.2) is 23.6 Å². The molecule has 0 radical (unpaired) electrons. The SMILES string of the molecule is C[C@@H]1C[C@H]2[C@@H]3C[C@H](F)C4=C(F)C(=O)C=C[C@]4(C)[C@@]3(F)[C@@H](O)C[C@]2(C)[C@@H]1O. The van der Waals surface area contributed by atoms with Crippen molar-refractivity contribution in [2.45, 2.75) is 64.1 Å². The minimum absolute atomic E-state index is 0.0272. The standard InChI is InChI=1S/C20H25F3O3/c1-9-6-10-11-7-12(21)15-16(22)13(24)4-5-19(15,3)20(11,23)14(25)8-18(10,2)17(9)26/h4-5,9-12,14,17,25-26H,6-8H2,1-3H3/t9-,10+,11+,12+,14+,17-,18+,19+,20+/m1/s1. The van der Waals surface area contributed by atoms with Gasteiger partial charge in [-0.15, -0.1) is 0 Å². The van der Waals surface area contributed by atoms with Gasteiger partial charge in [0.2, 0.25) is 5.78 Å². The van der Waals surface area contributed by atoms with Gasteiger partial charge in [-0.2, -0.15) is 0 Å². The smallest absolute Gasteiger partial charge is 0.213 e. The Balaban J connectivity index is 1.89. The maximum absolute atomic E-state index is 16.6. The Labute approximate surface area is 151 Å². The molecule has 3 nitrogen and oxygen atoms in total. The number of carbonyl (C=O) groups excluding carboxylic acids is 1. The summed E-state index contributed by atoms with van der Waals surface area (Å²) in [7, 11) is 0. The number of halogens is 3. The molecule has 0 spiro atoms. The molecule has 0 amide bonds. The maximum Gasteiger partial charge on any atom is 0.213 e. The first kappa shape index (κ1) is 18.2. The Kier molecular flexibility index (Phi) is 3.66. The van der Waals surface area contributed by atoms with Crippen molar-refractivity contribution in [3.63, 3.8) is 0 Å². The number of allylic oxidation sites excluding steroid dienone is 4. The molecule has 0 aromatic rings. The molecule has 0 unspecified atom stereocenters. The first-order valence-corrected chi connectivity index (χ1v) is 9.31. The normalized spacial score (nSPS) is 56.2. The molecule has 0 saturated heterocycles. The van der Waals surface area contributed by atoms with Gasteiger partial charge in [0.1, 0.15) is 6.17 Å². The zero-order valence-electron chi connectivity index (χ0n) is 15.2. The zero-order valence-corrected chi connectivity index (χ0v) is 15.2. The highest BCUT2D eigenvalue weighted by Crippen LogP contribution is 2.69. The van der Waals surface area contributed by atoms with Gasteiger partial charge in [-0.05, 0) is 49.5 Å². The van der Waals surface area contributed by atoms with Gasteiger partial charge in [-0.25, -0.2) is 13.2 Å². The summed E-state index contributed by atoms with van der Waals surface area (Å²) in [6.45, 7) is 5.09. The number of aliphatic hydroxyl groups excluding tert-OH is 2. The minimum Gasteiger partial charge on any atom is -0.392 e. The molecule has 3 fully saturated rings. The van der Waals surface area contributed by atoms with Crippen molar-refractivity contribution in [1.29, 1.82) is 0 Å². The van der Waals surface area contributed by atoms with Crippen LogP contribution in [-0.4, -0.2) is 40.0 Å². The lowest BCUT2D eigenvalue weighted by Crippen LogP contribution is -2.68. The predicted molar refractivity (Wildman–Crippen MR) is 89.2 cm³/mol. The van der Waals surface area contributed by atoms with E-state index in [9.17, 15) is 19.4 Å². The summed E-state index contributed by atoms with van der Waals surface area (Å²) in [6, 6.07) is 0. The van der Waals surface area contributed by atoms with Crippen LogP contribution in [0.5, 0.6) is 0 Å². The fourth-order valence-corrected chi connectivity index (χ4v) is 6.64. The molecule has 4 aliphatic carbocycles. The van der Waals surface area contributed by atoms with Crippen LogP contribution in [0.25, 0.3) is 0 Å². The van der Waals surface area contributed by atoms with Crippen molar-refractivity contribution in [2.24, 2.45) is 28.6 Å². The van der Waals surface area contributed by atoms with Crippen LogP contribution in [0.3, 0.4) is 0 Å². The number of fused-ring (bicyclic) bond motifs is 5. The molecule has 2 N–H and O–H groups in total. The van der Waals surface area contributed by atoms with E-state index in [1.807, 2.05) is 13.8 Å².